The average molecular weight is 380 g/mol. The topological polar surface area (TPSA) is 93.1 Å². The van der Waals surface area contributed by atoms with Crippen LogP contribution in [0.1, 0.15) is 63.2 Å². The normalized spacial score (nSPS) is 24.8. The maximum Gasteiger partial charge on any atom is 0.198 e. The van der Waals surface area contributed by atoms with Gasteiger partial charge in [0.15, 0.2) is 17.4 Å². The SMILES string of the molecule is CC1(C)OCC2(CCc3c(O)c4c(c(O)c3C2)C(=O)c2ccccc2C4=O)O1. The molecule has 1 heterocycles. The van der Waals surface area contributed by atoms with Crippen molar-refractivity contribution < 1.29 is 29.3 Å². The van der Waals surface area contributed by atoms with Crippen LogP contribution in [0, 0.1) is 0 Å². The number of ether oxygens (including phenoxy) is 2. The van der Waals surface area contributed by atoms with Gasteiger partial charge < -0.3 is 19.7 Å². The Morgan fingerprint density at radius 2 is 1.50 bits per heavy atom. The monoisotopic (exact) mass is 380 g/mol. The molecule has 0 saturated carbocycles. The Morgan fingerprint density at radius 3 is 2.04 bits per heavy atom. The second-order valence-electron chi connectivity index (χ2n) is 8.26. The standard InChI is InChI=1S/C22H20O6/c1-21(2)27-10-22(28-21)8-7-13-14(9-22)20(26)16-15(19(13)25)17(23)11-5-3-4-6-12(11)18(16)24/h3-6,25-26H,7-10H2,1-2H3. The Labute approximate surface area is 161 Å². The van der Waals surface area contributed by atoms with Crippen molar-refractivity contribution in [2.75, 3.05) is 6.61 Å². The molecule has 1 spiro atoms. The van der Waals surface area contributed by atoms with Crippen LogP contribution in [-0.2, 0) is 22.3 Å². The first kappa shape index (κ1) is 17.4. The van der Waals surface area contributed by atoms with Gasteiger partial charge in [-0.05, 0) is 26.7 Å². The number of hydrogen-bond acceptors (Lipinski definition) is 6. The van der Waals surface area contributed by atoms with E-state index in [9.17, 15) is 19.8 Å². The molecule has 1 aliphatic heterocycles. The van der Waals surface area contributed by atoms with E-state index in [-0.39, 0.29) is 33.8 Å². The Kier molecular flexibility index (Phi) is 3.37. The molecule has 2 aromatic carbocycles. The van der Waals surface area contributed by atoms with E-state index in [1.54, 1.807) is 24.3 Å². The maximum absolute atomic E-state index is 13.0. The van der Waals surface area contributed by atoms with Crippen LogP contribution < -0.4 is 0 Å². The molecule has 3 aliphatic rings. The smallest absolute Gasteiger partial charge is 0.198 e. The van der Waals surface area contributed by atoms with Crippen molar-refractivity contribution in [2.24, 2.45) is 0 Å². The number of carbonyl (C=O) groups is 2. The van der Waals surface area contributed by atoms with Crippen LogP contribution in [0.2, 0.25) is 0 Å². The number of phenols is 2. The first-order valence-electron chi connectivity index (χ1n) is 9.35. The van der Waals surface area contributed by atoms with Crippen molar-refractivity contribution in [1.29, 1.82) is 0 Å². The summed E-state index contributed by atoms with van der Waals surface area (Å²) < 4.78 is 11.8. The minimum absolute atomic E-state index is 0.0974. The summed E-state index contributed by atoms with van der Waals surface area (Å²) in [5.74, 6) is -2.06. The highest BCUT2D eigenvalue weighted by molar-refractivity contribution is 6.30. The van der Waals surface area contributed by atoms with Crippen molar-refractivity contribution in [3.63, 3.8) is 0 Å². The molecule has 28 heavy (non-hydrogen) atoms. The number of fused-ring (bicyclic) bond motifs is 3. The van der Waals surface area contributed by atoms with E-state index in [0.29, 0.717) is 37.0 Å². The number of aromatic hydroxyl groups is 2. The predicted octanol–water partition coefficient (Wildman–Crippen LogP) is 2.88. The Morgan fingerprint density at radius 1 is 0.929 bits per heavy atom. The summed E-state index contributed by atoms with van der Waals surface area (Å²) in [4.78, 5) is 26.0. The number of carbonyl (C=O) groups excluding carboxylic acids is 2. The molecular weight excluding hydrogens is 360 g/mol. The number of ketones is 2. The van der Waals surface area contributed by atoms with Crippen molar-refractivity contribution in [2.45, 2.75) is 44.5 Å². The second-order valence-corrected chi connectivity index (χ2v) is 8.26. The van der Waals surface area contributed by atoms with Gasteiger partial charge in [-0.25, -0.2) is 0 Å². The molecule has 1 atom stereocenters. The molecule has 6 heteroatoms. The molecule has 0 bridgehead atoms. The van der Waals surface area contributed by atoms with E-state index < -0.39 is 23.0 Å². The molecule has 2 aliphatic carbocycles. The fourth-order valence-corrected chi connectivity index (χ4v) is 4.73. The van der Waals surface area contributed by atoms with Gasteiger partial charge in [0, 0.05) is 28.7 Å². The summed E-state index contributed by atoms with van der Waals surface area (Å²) in [6.45, 7) is 4.04. The van der Waals surface area contributed by atoms with E-state index in [4.69, 9.17) is 9.47 Å². The van der Waals surface area contributed by atoms with Crippen molar-refractivity contribution in [1.82, 2.24) is 0 Å². The maximum atomic E-state index is 13.0. The lowest BCUT2D eigenvalue weighted by molar-refractivity contribution is -0.163. The van der Waals surface area contributed by atoms with Crippen molar-refractivity contribution >= 4 is 11.6 Å². The summed E-state index contributed by atoms with van der Waals surface area (Å²) in [5, 5.41) is 21.9. The lowest BCUT2D eigenvalue weighted by Gasteiger charge is -2.36. The molecule has 0 radical (unpaired) electrons. The zero-order chi connectivity index (χ0) is 19.8. The molecular formula is C22H20O6. The average Bonchev–Trinajstić information content (AvgIpc) is 2.96. The summed E-state index contributed by atoms with van der Waals surface area (Å²) in [5.41, 5.74) is 0.627. The van der Waals surface area contributed by atoms with Crippen LogP contribution in [0.4, 0.5) is 0 Å². The number of phenolic OH excluding ortho intramolecular Hbond substituents is 2. The minimum Gasteiger partial charge on any atom is -0.507 e. The van der Waals surface area contributed by atoms with E-state index in [0.717, 1.165) is 0 Å². The fourth-order valence-electron chi connectivity index (χ4n) is 4.73. The Balaban J connectivity index is 1.69. The van der Waals surface area contributed by atoms with Crippen LogP contribution in [0.25, 0.3) is 0 Å². The molecule has 0 amide bonds. The first-order valence-corrected chi connectivity index (χ1v) is 9.35. The van der Waals surface area contributed by atoms with Gasteiger partial charge in [-0.2, -0.15) is 0 Å². The van der Waals surface area contributed by atoms with Crippen LogP contribution in [0.3, 0.4) is 0 Å². The van der Waals surface area contributed by atoms with E-state index in [2.05, 4.69) is 0 Å². The lowest BCUT2D eigenvalue weighted by atomic mass is 9.74. The summed E-state index contributed by atoms with van der Waals surface area (Å²) in [7, 11) is 0. The highest BCUT2D eigenvalue weighted by Crippen LogP contribution is 2.49. The number of hydrogen-bond donors (Lipinski definition) is 2. The number of rotatable bonds is 0. The van der Waals surface area contributed by atoms with Crippen molar-refractivity contribution in [3.8, 4) is 11.5 Å². The van der Waals surface area contributed by atoms with Gasteiger partial charge in [0.25, 0.3) is 0 Å². The summed E-state index contributed by atoms with van der Waals surface area (Å²) in [6.07, 6.45) is 1.32. The van der Waals surface area contributed by atoms with Gasteiger partial charge in [-0.15, -0.1) is 0 Å². The Hall–Kier alpha value is -2.70. The molecule has 0 aromatic heterocycles. The highest BCUT2D eigenvalue weighted by atomic mass is 16.8. The third-order valence-electron chi connectivity index (χ3n) is 6.00. The molecule has 144 valence electrons. The largest absolute Gasteiger partial charge is 0.507 e. The van der Waals surface area contributed by atoms with Crippen LogP contribution in [-0.4, -0.2) is 39.8 Å². The van der Waals surface area contributed by atoms with Gasteiger partial charge >= 0.3 is 0 Å². The molecule has 1 fully saturated rings. The van der Waals surface area contributed by atoms with Gasteiger partial charge in [-0.3, -0.25) is 9.59 Å². The molecule has 5 rings (SSSR count). The molecule has 1 unspecified atom stereocenters. The zero-order valence-electron chi connectivity index (χ0n) is 15.7. The minimum atomic E-state index is -0.728. The third kappa shape index (κ3) is 2.22. The van der Waals surface area contributed by atoms with E-state index in [1.165, 1.54) is 0 Å². The fraction of sp³-hybridized carbons (Fsp3) is 0.364. The Bertz CT molecular complexity index is 1070. The van der Waals surface area contributed by atoms with Crippen LogP contribution >= 0.6 is 0 Å². The molecule has 6 nitrogen and oxygen atoms in total. The zero-order valence-corrected chi connectivity index (χ0v) is 15.7. The molecule has 2 N–H and O–H groups in total. The lowest BCUT2D eigenvalue weighted by Crippen LogP contribution is -2.40. The molecule has 1 saturated heterocycles. The second kappa shape index (κ2) is 5.43. The van der Waals surface area contributed by atoms with Crippen LogP contribution in [0.15, 0.2) is 24.3 Å². The van der Waals surface area contributed by atoms with Gasteiger partial charge in [0.05, 0.1) is 23.3 Å². The van der Waals surface area contributed by atoms with Gasteiger partial charge in [-0.1, -0.05) is 24.3 Å². The quantitative estimate of drug-likeness (QED) is 0.583. The van der Waals surface area contributed by atoms with E-state index in [1.807, 2.05) is 13.8 Å². The first-order chi connectivity index (χ1) is 13.2. The predicted molar refractivity (Wildman–Crippen MR) is 99.0 cm³/mol. The molecule has 2 aromatic rings. The number of benzene rings is 2. The summed E-state index contributed by atoms with van der Waals surface area (Å²) in [6, 6.07) is 6.47. The van der Waals surface area contributed by atoms with E-state index >= 15 is 0 Å². The summed E-state index contributed by atoms with van der Waals surface area (Å²) >= 11 is 0. The highest BCUT2D eigenvalue weighted by Gasteiger charge is 2.49. The van der Waals surface area contributed by atoms with Crippen LogP contribution in [0.5, 0.6) is 11.5 Å². The van der Waals surface area contributed by atoms with Gasteiger partial charge in [0.2, 0.25) is 0 Å². The van der Waals surface area contributed by atoms with Gasteiger partial charge in [0.1, 0.15) is 11.5 Å². The van der Waals surface area contributed by atoms with Crippen molar-refractivity contribution in [3.05, 3.63) is 57.6 Å². The third-order valence-corrected chi connectivity index (χ3v) is 6.00.